The molecule has 0 fully saturated rings. The Hall–Kier alpha value is -2.02. The number of carbonyl (C=O) groups is 1. The van der Waals surface area contributed by atoms with Crippen molar-refractivity contribution in [3.8, 4) is 0 Å². The van der Waals surface area contributed by atoms with Crippen LogP contribution in [0.5, 0.6) is 0 Å². The van der Waals surface area contributed by atoms with Gasteiger partial charge in [0.2, 0.25) is 0 Å². The number of carbonyl (C=O) groups excluding carboxylic acids is 1. The van der Waals surface area contributed by atoms with Gasteiger partial charge in [0.05, 0.1) is 22.1 Å². The summed E-state index contributed by atoms with van der Waals surface area (Å²) in [5, 5.41) is 0.591. The zero-order valence-corrected chi connectivity index (χ0v) is 16.5. The number of sulfonamides is 1. The van der Waals surface area contributed by atoms with E-state index in [1.54, 1.807) is 25.1 Å². The first kappa shape index (κ1) is 20.3. The molecule has 0 unspecified atom stereocenters. The van der Waals surface area contributed by atoms with E-state index in [0.717, 1.165) is 11.8 Å². The van der Waals surface area contributed by atoms with Crippen LogP contribution in [0.2, 0.25) is 10.0 Å². The maximum absolute atomic E-state index is 12.4. The van der Waals surface area contributed by atoms with Crippen molar-refractivity contribution in [2.24, 2.45) is 0 Å². The Balaban J connectivity index is 2.42. The first-order valence-corrected chi connectivity index (χ1v) is 9.90. The fourth-order valence-electron chi connectivity index (χ4n) is 2.09. The fourth-order valence-corrected chi connectivity index (χ4v) is 3.50. The predicted molar refractivity (Wildman–Crippen MR) is 103 cm³/mol. The van der Waals surface area contributed by atoms with Crippen molar-refractivity contribution in [2.75, 3.05) is 6.61 Å². The average Bonchev–Trinajstić information content (AvgIpc) is 2.57. The molecular formula is C18H17Cl2NO4S. The number of rotatable bonds is 6. The van der Waals surface area contributed by atoms with Gasteiger partial charge in [-0.15, -0.1) is 0 Å². The van der Waals surface area contributed by atoms with Gasteiger partial charge in [-0.05, 0) is 38.1 Å². The van der Waals surface area contributed by atoms with E-state index in [2.05, 4.69) is 4.72 Å². The van der Waals surface area contributed by atoms with Gasteiger partial charge in [-0.2, -0.15) is 0 Å². The lowest BCUT2D eigenvalue weighted by atomic mass is 10.1. The molecule has 26 heavy (non-hydrogen) atoms. The van der Waals surface area contributed by atoms with E-state index in [4.69, 9.17) is 27.9 Å². The molecule has 138 valence electrons. The minimum atomic E-state index is -3.85. The summed E-state index contributed by atoms with van der Waals surface area (Å²) in [6, 6.07) is 10.8. The number of hydrogen-bond donors (Lipinski definition) is 1. The fraction of sp³-hybridized carbons (Fsp3) is 0.167. The standard InChI is InChI=1S/C18H17Cl2NO4S/c1-3-25-18(22)16(15-9-6-13(19)10-17(15)20)11-21-26(23,24)14-7-4-12(2)5-8-14/h4-11,21H,3H2,1-2H3/b16-11-. The van der Waals surface area contributed by atoms with E-state index in [1.807, 2.05) is 6.92 Å². The Morgan fingerprint density at radius 3 is 2.38 bits per heavy atom. The maximum atomic E-state index is 12.4. The van der Waals surface area contributed by atoms with Gasteiger partial charge in [0.1, 0.15) is 0 Å². The minimum Gasteiger partial charge on any atom is -0.462 e. The molecule has 0 aliphatic heterocycles. The van der Waals surface area contributed by atoms with Gasteiger partial charge < -0.3 is 4.74 Å². The quantitative estimate of drug-likeness (QED) is 0.569. The summed E-state index contributed by atoms with van der Waals surface area (Å²) in [5.74, 6) is -0.705. The zero-order chi connectivity index (χ0) is 19.3. The van der Waals surface area contributed by atoms with Crippen LogP contribution >= 0.6 is 23.2 Å². The van der Waals surface area contributed by atoms with Crippen molar-refractivity contribution in [2.45, 2.75) is 18.7 Å². The van der Waals surface area contributed by atoms with Gasteiger partial charge in [0, 0.05) is 16.8 Å². The molecule has 2 rings (SSSR count). The van der Waals surface area contributed by atoms with Crippen LogP contribution in [-0.4, -0.2) is 21.0 Å². The Kier molecular flexibility index (Phi) is 6.69. The van der Waals surface area contributed by atoms with Crippen LogP contribution in [0.15, 0.2) is 53.6 Å². The van der Waals surface area contributed by atoms with Gasteiger partial charge in [-0.3, -0.25) is 4.72 Å². The molecule has 0 saturated heterocycles. The third kappa shape index (κ3) is 5.00. The molecule has 0 aromatic heterocycles. The lowest BCUT2D eigenvalue weighted by Crippen LogP contribution is -2.20. The number of ether oxygens (including phenoxy) is 1. The molecule has 0 spiro atoms. The van der Waals surface area contributed by atoms with Crippen LogP contribution in [0.25, 0.3) is 5.57 Å². The Morgan fingerprint density at radius 2 is 1.81 bits per heavy atom. The Labute approximate surface area is 162 Å². The van der Waals surface area contributed by atoms with Crippen LogP contribution in [-0.2, 0) is 19.6 Å². The number of aryl methyl sites for hydroxylation is 1. The largest absolute Gasteiger partial charge is 0.462 e. The topological polar surface area (TPSA) is 72.5 Å². The number of halogens is 2. The highest BCUT2D eigenvalue weighted by atomic mass is 35.5. The molecule has 0 aliphatic rings. The van der Waals surface area contributed by atoms with Crippen LogP contribution in [0.1, 0.15) is 18.1 Å². The van der Waals surface area contributed by atoms with Gasteiger partial charge in [-0.1, -0.05) is 47.0 Å². The summed E-state index contributed by atoms with van der Waals surface area (Å²) in [5.41, 5.74) is 1.21. The smallest absolute Gasteiger partial charge is 0.340 e. The zero-order valence-electron chi connectivity index (χ0n) is 14.1. The van der Waals surface area contributed by atoms with Crippen molar-refractivity contribution < 1.29 is 17.9 Å². The van der Waals surface area contributed by atoms with Gasteiger partial charge in [0.15, 0.2) is 0 Å². The first-order valence-electron chi connectivity index (χ1n) is 7.66. The van der Waals surface area contributed by atoms with Crippen LogP contribution < -0.4 is 4.72 Å². The number of hydrogen-bond acceptors (Lipinski definition) is 4. The second-order valence-electron chi connectivity index (χ2n) is 5.34. The molecule has 5 nitrogen and oxygen atoms in total. The summed E-state index contributed by atoms with van der Waals surface area (Å²) >= 11 is 12.0. The Bertz CT molecular complexity index is 938. The van der Waals surface area contributed by atoms with Crippen LogP contribution in [0, 0.1) is 6.92 Å². The molecule has 0 amide bonds. The highest BCUT2D eigenvalue weighted by Gasteiger charge is 2.19. The van der Waals surface area contributed by atoms with Gasteiger partial charge in [-0.25, -0.2) is 13.2 Å². The second-order valence-corrected chi connectivity index (χ2v) is 7.89. The third-order valence-electron chi connectivity index (χ3n) is 3.41. The van der Waals surface area contributed by atoms with E-state index in [9.17, 15) is 13.2 Å². The first-order chi connectivity index (χ1) is 12.2. The normalized spacial score (nSPS) is 11.9. The minimum absolute atomic E-state index is 0.0239. The highest BCUT2D eigenvalue weighted by Crippen LogP contribution is 2.28. The maximum Gasteiger partial charge on any atom is 0.340 e. The summed E-state index contributed by atoms with van der Waals surface area (Å²) in [6.45, 7) is 3.63. The number of benzene rings is 2. The van der Waals surface area contributed by atoms with E-state index < -0.39 is 16.0 Å². The predicted octanol–water partition coefficient (Wildman–Crippen LogP) is 4.18. The lowest BCUT2D eigenvalue weighted by molar-refractivity contribution is -0.136. The van der Waals surface area contributed by atoms with E-state index >= 15 is 0 Å². The summed E-state index contributed by atoms with van der Waals surface area (Å²) in [4.78, 5) is 12.3. The Morgan fingerprint density at radius 1 is 1.15 bits per heavy atom. The van der Waals surface area contributed by atoms with Crippen molar-refractivity contribution in [3.05, 3.63) is 69.8 Å². The van der Waals surface area contributed by atoms with Crippen molar-refractivity contribution in [1.82, 2.24) is 4.72 Å². The molecule has 2 aromatic rings. The molecule has 0 saturated carbocycles. The van der Waals surface area contributed by atoms with Crippen LogP contribution in [0.4, 0.5) is 0 Å². The molecule has 1 N–H and O–H groups in total. The molecule has 0 radical (unpaired) electrons. The molecule has 0 heterocycles. The van der Waals surface area contributed by atoms with Gasteiger partial charge >= 0.3 is 5.97 Å². The number of nitrogens with one attached hydrogen (secondary N) is 1. The summed E-state index contributed by atoms with van der Waals surface area (Å²) in [6.07, 6.45) is 1.07. The van der Waals surface area contributed by atoms with Crippen molar-refractivity contribution in [3.63, 3.8) is 0 Å². The lowest BCUT2D eigenvalue weighted by Gasteiger charge is -2.11. The van der Waals surface area contributed by atoms with E-state index in [-0.39, 0.29) is 22.1 Å². The average molecular weight is 414 g/mol. The molecule has 2 aromatic carbocycles. The van der Waals surface area contributed by atoms with E-state index in [0.29, 0.717) is 10.6 Å². The summed E-state index contributed by atoms with van der Waals surface area (Å²) in [7, 11) is -3.85. The SMILES string of the molecule is CCOC(=O)/C(=C\NS(=O)(=O)c1ccc(C)cc1)c1ccc(Cl)cc1Cl. The molecule has 0 aliphatic carbocycles. The number of esters is 1. The highest BCUT2D eigenvalue weighted by molar-refractivity contribution is 7.89. The monoisotopic (exact) mass is 413 g/mol. The third-order valence-corrected chi connectivity index (χ3v) is 5.28. The van der Waals surface area contributed by atoms with E-state index in [1.165, 1.54) is 24.3 Å². The molecule has 0 atom stereocenters. The summed E-state index contributed by atoms with van der Waals surface area (Å²) < 4.78 is 32.2. The molecule has 8 heteroatoms. The van der Waals surface area contributed by atoms with Crippen LogP contribution in [0.3, 0.4) is 0 Å². The second kappa shape index (κ2) is 8.58. The molecule has 0 bridgehead atoms. The van der Waals surface area contributed by atoms with Crippen molar-refractivity contribution in [1.29, 1.82) is 0 Å². The van der Waals surface area contributed by atoms with Crippen molar-refractivity contribution >= 4 is 44.8 Å². The van der Waals surface area contributed by atoms with Gasteiger partial charge in [0.25, 0.3) is 10.0 Å². The molecular weight excluding hydrogens is 397 g/mol.